The molecule has 3 nitrogen and oxygen atoms in total. The van der Waals surface area contributed by atoms with Crippen molar-refractivity contribution in [3.05, 3.63) is 16.5 Å². The molecule has 96 valence electrons. The summed E-state index contributed by atoms with van der Waals surface area (Å²) in [6.07, 6.45) is 3.02. The van der Waals surface area contributed by atoms with Crippen LogP contribution in [0, 0.1) is 6.92 Å². The predicted octanol–water partition coefficient (Wildman–Crippen LogP) is 3.63. The standard InChI is InChI=1S/C13H22ClN3/c1-6-10(7-2)17(5)13-9(4)12(14)15-11(8-3)16-13/h10H,6-8H2,1-5H3. The molecule has 0 aliphatic heterocycles. The van der Waals surface area contributed by atoms with Crippen molar-refractivity contribution in [2.45, 2.75) is 53.0 Å². The number of aromatic nitrogens is 2. The van der Waals surface area contributed by atoms with Gasteiger partial charge in [-0.15, -0.1) is 0 Å². The summed E-state index contributed by atoms with van der Waals surface area (Å²) in [5.74, 6) is 1.78. The number of hydrogen-bond donors (Lipinski definition) is 0. The maximum absolute atomic E-state index is 6.16. The van der Waals surface area contributed by atoms with E-state index < -0.39 is 0 Å². The van der Waals surface area contributed by atoms with Gasteiger partial charge in [-0.25, -0.2) is 9.97 Å². The topological polar surface area (TPSA) is 29.0 Å². The molecule has 1 aromatic rings. The minimum Gasteiger partial charge on any atom is -0.356 e. The predicted molar refractivity (Wildman–Crippen MR) is 73.9 cm³/mol. The number of hydrogen-bond acceptors (Lipinski definition) is 3. The van der Waals surface area contributed by atoms with Crippen LogP contribution < -0.4 is 4.90 Å². The van der Waals surface area contributed by atoms with Gasteiger partial charge in [-0.2, -0.15) is 0 Å². The third-order valence-corrected chi connectivity index (χ3v) is 3.62. The molecular formula is C13H22ClN3. The molecule has 0 spiro atoms. The summed E-state index contributed by atoms with van der Waals surface area (Å²) in [7, 11) is 2.09. The molecule has 0 aliphatic carbocycles. The van der Waals surface area contributed by atoms with Gasteiger partial charge in [-0.3, -0.25) is 0 Å². The average molecular weight is 256 g/mol. The summed E-state index contributed by atoms with van der Waals surface area (Å²) in [4.78, 5) is 11.1. The quantitative estimate of drug-likeness (QED) is 0.753. The van der Waals surface area contributed by atoms with Gasteiger partial charge in [0.1, 0.15) is 16.8 Å². The fourth-order valence-electron chi connectivity index (χ4n) is 2.03. The fourth-order valence-corrected chi connectivity index (χ4v) is 2.21. The summed E-state index contributed by atoms with van der Waals surface area (Å²) in [5, 5.41) is 0.574. The molecule has 0 saturated heterocycles. The second kappa shape index (κ2) is 6.20. The van der Waals surface area contributed by atoms with Crippen LogP contribution in [0.15, 0.2) is 0 Å². The Balaban J connectivity index is 3.15. The lowest BCUT2D eigenvalue weighted by Gasteiger charge is -2.29. The second-order valence-corrected chi connectivity index (χ2v) is 4.67. The number of rotatable bonds is 5. The Morgan fingerprint density at radius 2 is 1.76 bits per heavy atom. The van der Waals surface area contributed by atoms with Gasteiger partial charge in [0, 0.05) is 25.1 Å². The highest BCUT2D eigenvalue weighted by Gasteiger charge is 2.17. The van der Waals surface area contributed by atoms with Gasteiger partial charge in [0.25, 0.3) is 0 Å². The van der Waals surface area contributed by atoms with E-state index in [1.165, 1.54) is 0 Å². The van der Waals surface area contributed by atoms with Crippen LogP contribution in [0.3, 0.4) is 0 Å². The van der Waals surface area contributed by atoms with Gasteiger partial charge in [0.15, 0.2) is 0 Å². The Labute approximate surface area is 109 Å². The molecular weight excluding hydrogens is 234 g/mol. The van der Waals surface area contributed by atoms with Crippen molar-refractivity contribution in [3.8, 4) is 0 Å². The number of anilines is 1. The molecule has 17 heavy (non-hydrogen) atoms. The first kappa shape index (κ1) is 14.2. The molecule has 0 atom stereocenters. The smallest absolute Gasteiger partial charge is 0.137 e. The van der Waals surface area contributed by atoms with Gasteiger partial charge in [-0.05, 0) is 19.8 Å². The minimum absolute atomic E-state index is 0.504. The van der Waals surface area contributed by atoms with Crippen LogP contribution in [0.5, 0.6) is 0 Å². The zero-order chi connectivity index (χ0) is 13.0. The molecule has 4 heteroatoms. The maximum atomic E-state index is 6.16. The lowest BCUT2D eigenvalue weighted by Crippen LogP contribution is -2.32. The first-order valence-electron chi connectivity index (χ1n) is 6.30. The molecule has 0 radical (unpaired) electrons. The summed E-state index contributed by atoms with van der Waals surface area (Å²) < 4.78 is 0. The van der Waals surface area contributed by atoms with E-state index in [1.54, 1.807) is 0 Å². The van der Waals surface area contributed by atoms with Crippen molar-refractivity contribution in [2.24, 2.45) is 0 Å². The first-order valence-corrected chi connectivity index (χ1v) is 6.68. The zero-order valence-corrected chi connectivity index (χ0v) is 12.2. The minimum atomic E-state index is 0.504. The third-order valence-electron chi connectivity index (χ3n) is 3.25. The Bertz CT molecular complexity index is 375. The van der Waals surface area contributed by atoms with E-state index in [4.69, 9.17) is 11.6 Å². The maximum Gasteiger partial charge on any atom is 0.137 e. The number of halogens is 1. The van der Waals surface area contributed by atoms with E-state index in [-0.39, 0.29) is 0 Å². The second-order valence-electron chi connectivity index (χ2n) is 4.31. The highest BCUT2D eigenvalue weighted by atomic mass is 35.5. The molecule has 1 aromatic heterocycles. The van der Waals surface area contributed by atoms with Gasteiger partial charge < -0.3 is 4.90 Å². The lowest BCUT2D eigenvalue weighted by atomic mass is 10.1. The molecule has 0 aromatic carbocycles. The zero-order valence-electron chi connectivity index (χ0n) is 11.4. The molecule has 1 heterocycles. The van der Waals surface area contributed by atoms with Crippen LogP contribution in [-0.4, -0.2) is 23.1 Å². The Kier molecular flexibility index (Phi) is 5.19. The molecule has 0 unspecified atom stereocenters. The van der Waals surface area contributed by atoms with E-state index >= 15 is 0 Å². The Hall–Kier alpha value is -0.830. The van der Waals surface area contributed by atoms with Crippen molar-refractivity contribution < 1.29 is 0 Å². The highest BCUT2D eigenvalue weighted by molar-refractivity contribution is 6.30. The van der Waals surface area contributed by atoms with Crippen LogP contribution in [0.4, 0.5) is 5.82 Å². The highest BCUT2D eigenvalue weighted by Crippen LogP contribution is 2.25. The van der Waals surface area contributed by atoms with E-state index in [0.29, 0.717) is 11.2 Å². The SMILES string of the molecule is CCc1nc(Cl)c(C)c(N(C)C(CC)CC)n1. The molecule has 0 bridgehead atoms. The van der Waals surface area contributed by atoms with E-state index in [1.807, 2.05) is 13.8 Å². The van der Waals surface area contributed by atoms with Crippen molar-refractivity contribution in [1.82, 2.24) is 9.97 Å². The molecule has 0 saturated carbocycles. The monoisotopic (exact) mass is 255 g/mol. The van der Waals surface area contributed by atoms with Crippen molar-refractivity contribution in [3.63, 3.8) is 0 Å². The van der Waals surface area contributed by atoms with Crippen LogP contribution in [0.2, 0.25) is 5.15 Å². The van der Waals surface area contributed by atoms with Gasteiger partial charge >= 0.3 is 0 Å². The summed E-state index contributed by atoms with van der Waals surface area (Å²) >= 11 is 6.16. The van der Waals surface area contributed by atoms with E-state index in [0.717, 1.165) is 36.5 Å². The molecule has 0 N–H and O–H groups in total. The number of aryl methyl sites for hydroxylation is 1. The van der Waals surface area contributed by atoms with Crippen molar-refractivity contribution in [1.29, 1.82) is 0 Å². The van der Waals surface area contributed by atoms with Gasteiger partial charge in [0.05, 0.1) is 0 Å². The molecule has 0 amide bonds. The van der Waals surface area contributed by atoms with Crippen LogP contribution in [0.1, 0.15) is 45.0 Å². The fraction of sp³-hybridized carbons (Fsp3) is 0.692. The summed E-state index contributed by atoms with van der Waals surface area (Å²) in [6, 6.07) is 0.504. The first-order chi connectivity index (χ1) is 8.04. The van der Waals surface area contributed by atoms with Crippen LogP contribution in [0.25, 0.3) is 0 Å². The van der Waals surface area contributed by atoms with E-state index in [9.17, 15) is 0 Å². The number of nitrogens with zero attached hydrogens (tertiary/aromatic N) is 3. The molecule has 0 fully saturated rings. The Morgan fingerprint density at radius 1 is 1.18 bits per heavy atom. The third kappa shape index (κ3) is 3.09. The van der Waals surface area contributed by atoms with Crippen LogP contribution in [-0.2, 0) is 6.42 Å². The van der Waals surface area contributed by atoms with Crippen molar-refractivity contribution >= 4 is 17.4 Å². The average Bonchev–Trinajstić information content (AvgIpc) is 2.33. The van der Waals surface area contributed by atoms with E-state index in [2.05, 4.69) is 35.8 Å². The Morgan fingerprint density at radius 3 is 2.24 bits per heavy atom. The summed E-state index contributed by atoms with van der Waals surface area (Å²) in [5.41, 5.74) is 0.971. The van der Waals surface area contributed by atoms with Crippen molar-refractivity contribution in [2.75, 3.05) is 11.9 Å². The van der Waals surface area contributed by atoms with Crippen LogP contribution >= 0.6 is 11.6 Å². The largest absolute Gasteiger partial charge is 0.356 e. The van der Waals surface area contributed by atoms with Gasteiger partial charge in [-0.1, -0.05) is 32.4 Å². The normalized spacial score (nSPS) is 11.0. The molecule has 1 rings (SSSR count). The lowest BCUT2D eigenvalue weighted by molar-refractivity contribution is 0.584. The van der Waals surface area contributed by atoms with Gasteiger partial charge in [0.2, 0.25) is 0 Å². The molecule has 0 aliphatic rings. The summed E-state index contributed by atoms with van der Waals surface area (Å²) in [6.45, 7) is 8.42.